The second-order valence-electron chi connectivity index (χ2n) is 5.26. The van der Waals surface area contributed by atoms with Crippen LogP contribution < -0.4 is 5.43 Å². The fraction of sp³-hybridized carbons (Fsp3) is 0.438. The van der Waals surface area contributed by atoms with E-state index in [0.29, 0.717) is 5.92 Å². The van der Waals surface area contributed by atoms with E-state index >= 15 is 0 Å². The minimum absolute atomic E-state index is 0.168. The summed E-state index contributed by atoms with van der Waals surface area (Å²) in [5.74, 6) is 0.562. The van der Waals surface area contributed by atoms with Gasteiger partial charge in [0.15, 0.2) is 5.43 Å². The number of nitrogens with one attached hydrogen (secondary N) is 1. The third kappa shape index (κ3) is 1.86. The van der Waals surface area contributed by atoms with Gasteiger partial charge in [-0.15, -0.1) is 0 Å². The molecule has 0 unspecified atom stereocenters. The van der Waals surface area contributed by atoms with Crippen LogP contribution in [-0.2, 0) is 6.42 Å². The highest BCUT2D eigenvalue weighted by Gasteiger charge is 2.19. The van der Waals surface area contributed by atoms with Crippen LogP contribution >= 0.6 is 0 Å². The Morgan fingerprint density at radius 2 is 2.06 bits per heavy atom. The van der Waals surface area contributed by atoms with E-state index in [9.17, 15) is 4.79 Å². The van der Waals surface area contributed by atoms with E-state index in [2.05, 4.69) is 18.0 Å². The Balaban J connectivity index is 2.21. The molecular weight excluding hydrogens is 222 g/mol. The molecule has 0 amide bonds. The highest BCUT2D eigenvalue weighted by molar-refractivity contribution is 5.81. The zero-order valence-electron chi connectivity index (χ0n) is 10.8. The van der Waals surface area contributed by atoms with E-state index in [4.69, 9.17) is 0 Å². The van der Waals surface area contributed by atoms with E-state index in [1.165, 1.54) is 31.2 Å². The number of benzene rings is 1. The molecule has 1 aliphatic carbocycles. The Hall–Kier alpha value is -1.57. The number of rotatable bonds is 2. The molecule has 2 heteroatoms. The van der Waals surface area contributed by atoms with Gasteiger partial charge in [-0.1, -0.05) is 31.9 Å². The van der Waals surface area contributed by atoms with Crippen LogP contribution in [0.1, 0.15) is 49.8 Å². The molecule has 94 valence electrons. The molecule has 1 saturated carbocycles. The van der Waals surface area contributed by atoms with Gasteiger partial charge in [0.1, 0.15) is 0 Å². The summed E-state index contributed by atoms with van der Waals surface area (Å²) in [6.45, 7) is 2.13. The van der Waals surface area contributed by atoms with Crippen molar-refractivity contribution in [2.24, 2.45) is 0 Å². The zero-order chi connectivity index (χ0) is 12.5. The molecule has 0 radical (unpaired) electrons. The molecule has 2 nitrogen and oxygen atoms in total. The van der Waals surface area contributed by atoms with Gasteiger partial charge in [0.05, 0.1) is 5.52 Å². The van der Waals surface area contributed by atoms with Crippen LogP contribution in [0.5, 0.6) is 0 Å². The molecule has 1 fully saturated rings. The van der Waals surface area contributed by atoms with Crippen molar-refractivity contribution in [3.63, 3.8) is 0 Å². The lowest BCUT2D eigenvalue weighted by Crippen LogP contribution is -2.08. The molecule has 1 aromatic heterocycles. The number of fused-ring (bicyclic) bond motifs is 1. The summed E-state index contributed by atoms with van der Waals surface area (Å²) in [5.41, 5.74) is 3.60. The first-order valence-electron chi connectivity index (χ1n) is 6.94. The summed E-state index contributed by atoms with van der Waals surface area (Å²) in [4.78, 5) is 15.7. The van der Waals surface area contributed by atoms with Gasteiger partial charge in [-0.05, 0) is 36.8 Å². The lowest BCUT2D eigenvalue weighted by Gasteiger charge is -2.12. The van der Waals surface area contributed by atoms with Crippen molar-refractivity contribution in [1.29, 1.82) is 0 Å². The average molecular weight is 241 g/mol. The van der Waals surface area contributed by atoms with Crippen molar-refractivity contribution < 1.29 is 0 Å². The van der Waals surface area contributed by atoms with Gasteiger partial charge in [0, 0.05) is 17.1 Å². The van der Waals surface area contributed by atoms with Crippen LogP contribution in [0.2, 0.25) is 0 Å². The number of H-pyrrole nitrogens is 1. The first-order chi connectivity index (χ1) is 8.79. The number of para-hydroxylation sites is 1. The van der Waals surface area contributed by atoms with Gasteiger partial charge in [-0.2, -0.15) is 0 Å². The molecule has 0 aliphatic heterocycles. The van der Waals surface area contributed by atoms with Gasteiger partial charge in [0.2, 0.25) is 0 Å². The number of aromatic nitrogens is 1. The maximum absolute atomic E-state index is 12.2. The molecule has 1 aliphatic rings. The molecular formula is C16H19NO. The number of pyridine rings is 1. The molecule has 2 aromatic rings. The summed E-state index contributed by atoms with van der Waals surface area (Å²) >= 11 is 0. The Bertz CT molecular complexity index is 621. The van der Waals surface area contributed by atoms with E-state index in [1.807, 2.05) is 18.2 Å². The second kappa shape index (κ2) is 4.60. The predicted molar refractivity (Wildman–Crippen MR) is 75.2 cm³/mol. The quantitative estimate of drug-likeness (QED) is 0.853. The Labute approximate surface area is 107 Å². The van der Waals surface area contributed by atoms with Gasteiger partial charge in [0.25, 0.3) is 0 Å². The normalized spacial score (nSPS) is 16.5. The van der Waals surface area contributed by atoms with Crippen molar-refractivity contribution in [2.75, 3.05) is 0 Å². The molecule has 1 N–H and O–H groups in total. The van der Waals surface area contributed by atoms with Gasteiger partial charge in [-0.25, -0.2) is 0 Å². The van der Waals surface area contributed by atoms with Crippen molar-refractivity contribution in [3.05, 3.63) is 45.7 Å². The number of hydrogen-bond donors (Lipinski definition) is 1. The number of aromatic amines is 1. The van der Waals surface area contributed by atoms with Crippen LogP contribution in [0.15, 0.2) is 29.1 Å². The molecule has 0 bridgehead atoms. The molecule has 0 atom stereocenters. The standard InChI is InChI=1S/C16H19NO/c1-2-11-8-5-9-13-15(18)10-14(17-16(11)13)12-6-3-4-7-12/h5,8-10,12H,2-4,6-7H2,1H3,(H,17,18). The van der Waals surface area contributed by atoms with Crippen molar-refractivity contribution in [3.8, 4) is 0 Å². The van der Waals surface area contributed by atoms with Crippen molar-refractivity contribution in [1.82, 2.24) is 4.98 Å². The first kappa shape index (κ1) is 11.5. The third-order valence-electron chi connectivity index (χ3n) is 4.15. The zero-order valence-corrected chi connectivity index (χ0v) is 10.8. The predicted octanol–water partition coefficient (Wildman–Crippen LogP) is 3.75. The summed E-state index contributed by atoms with van der Waals surface area (Å²) in [6.07, 6.45) is 5.98. The lowest BCUT2D eigenvalue weighted by molar-refractivity contribution is 0.700. The minimum Gasteiger partial charge on any atom is -0.358 e. The number of hydrogen-bond acceptors (Lipinski definition) is 1. The molecule has 18 heavy (non-hydrogen) atoms. The summed E-state index contributed by atoms with van der Waals surface area (Å²) in [7, 11) is 0. The molecule has 0 saturated heterocycles. The van der Waals surface area contributed by atoms with E-state index < -0.39 is 0 Å². The van der Waals surface area contributed by atoms with Crippen LogP contribution in [0, 0.1) is 0 Å². The monoisotopic (exact) mass is 241 g/mol. The maximum Gasteiger partial charge on any atom is 0.189 e. The van der Waals surface area contributed by atoms with E-state index in [-0.39, 0.29) is 5.43 Å². The Morgan fingerprint density at radius 3 is 2.78 bits per heavy atom. The third-order valence-corrected chi connectivity index (χ3v) is 4.15. The topological polar surface area (TPSA) is 32.9 Å². The maximum atomic E-state index is 12.2. The molecule has 1 aromatic carbocycles. The minimum atomic E-state index is 0.168. The van der Waals surface area contributed by atoms with Crippen molar-refractivity contribution >= 4 is 10.9 Å². The lowest BCUT2D eigenvalue weighted by atomic mass is 10.0. The van der Waals surface area contributed by atoms with E-state index in [1.54, 1.807) is 0 Å². The highest BCUT2D eigenvalue weighted by atomic mass is 16.1. The summed E-state index contributed by atoms with van der Waals surface area (Å²) in [6, 6.07) is 7.83. The van der Waals surface area contributed by atoms with Crippen molar-refractivity contribution in [2.45, 2.75) is 44.9 Å². The summed E-state index contributed by atoms with van der Waals surface area (Å²) in [5, 5.41) is 0.830. The number of aryl methyl sites for hydroxylation is 1. The average Bonchev–Trinajstić information content (AvgIpc) is 2.92. The van der Waals surface area contributed by atoms with Crippen LogP contribution in [0.4, 0.5) is 0 Å². The highest BCUT2D eigenvalue weighted by Crippen LogP contribution is 2.33. The Morgan fingerprint density at radius 1 is 1.28 bits per heavy atom. The molecule has 3 rings (SSSR count). The first-order valence-corrected chi connectivity index (χ1v) is 6.94. The van der Waals surface area contributed by atoms with E-state index in [0.717, 1.165) is 23.0 Å². The van der Waals surface area contributed by atoms with Crippen LogP contribution in [0.3, 0.4) is 0 Å². The SMILES string of the molecule is CCc1cccc2c(=O)cc(C3CCCC3)[nH]c12. The largest absolute Gasteiger partial charge is 0.358 e. The second-order valence-corrected chi connectivity index (χ2v) is 5.26. The van der Waals surface area contributed by atoms with Crippen LogP contribution in [0.25, 0.3) is 10.9 Å². The molecule has 0 spiro atoms. The van der Waals surface area contributed by atoms with Gasteiger partial charge in [-0.3, -0.25) is 4.79 Å². The molecule has 1 heterocycles. The summed E-state index contributed by atoms with van der Waals surface area (Å²) < 4.78 is 0. The smallest absolute Gasteiger partial charge is 0.189 e. The van der Waals surface area contributed by atoms with Gasteiger partial charge >= 0.3 is 0 Å². The fourth-order valence-corrected chi connectivity index (χ4v) is 3.10. The van der Waals surface area contributed by atoms with Crippen LogP contribution in [-0.4, -0.2) is 4.98 Å². The van der Waals surface area contributed by atoms with Gasteiger partial charge < -0.3 is 4.98 Å². The Kier molecular flexibility index (Phi) is 2.94. The fourth-order valence-electron chi connectivity index (χ4n) is 3.10.